The molecule has 2 fully saturated rings. The van der Waals surface area contributed by atoms with Crippen LogP contribution in [0.3, 0.4) is 0 Å². The minimum absolute atomic E-state index is 0.0188. The Balaban J connectivity index is 1.80. The second-order valence-corrected chi connectivity index (χ2v) is 8.70. The summed E-state index contributed by atoms with van der Waals surface area (Å²) in [5.41, 5.74) is -0.824. The Labute approximate surface area is 145 Å². The molecular weight excluding hydrogens is 351 g/mol. The molecule has 1 aromatic rings. The third-order valence-electron chi connectivity index (χ3n) is 5.10. The minimum atomic E-state index is -3.73. The van der Waals surface area contributed by atoms with Crippen molar-refractivity contribution < 1.29 is 27.5 Å². The Kier molecular flexibility index (Phi) is 4.32. The maximum atomic E-state index is 13.0. The highest BCUT2D eigenvalue weighted by Crippen LogP contribution is 2.44. The third kappa shape index (κ3) is 3.13. The van der Waals surface area contributed by atoms with Gasteiger partial charge in [0.05, 0.1) is 5.75 Å². The van der Waals surface area contributed by atoms with Gasteiger partial charge in [-0.3, -0.25) is 9.59 Å². The fourth-order valence-electron chi connectivity index (χ4n) is 3.66. The zero-order valence-electron chi connectivity index (χ0n) is 13.7. The molecule has 2 aliphatic rings. The van der Waals surface area contributed by atoms with Crippen LogP contribution in [0.4, 0.5) is 4.39 Å². The summed E-state index contributed by atoms with van der Waals surface area (Å²) >= 11 is 0. The molecule has 3 rings (SSSR count). The number of carbonyl (C=O) groups excluding carboxylic acids is 1. The van der Waals surface area contributed by atoms with Crippen molar-refractivity contribution in [3.63, 3.8) is 0 Å². The van der Waals surface area contributed by atoms with Gasteiger partial charge in [0.25, 0.3) is 0 Å². The highest BCUT2D eigenvalue weighted by Gasteiger charge is 2.60. The minimum Gasteiger partial charge on any atom is -0.481 e. The number of carbonyl (C=O) groups is 2. The van der Waals surface area contributed by atoms with Gasteiger partial charge in [-0.2, -0.15) is 0 Å². The standard InChI is InChI=1S/C16H19FN2O5S/c1-11(20)18-6-13-7-19(10-16(13,9-18)15(21)22)25(23,24)8-12-2-4-14(17)5-3-12/h2-5,13H,6-10H2,1H3,(H,21,22)/t13-,16-/m0/s1. The number of benzene rings is 1. The highest BCUT2D eigenvalue weighted by atomic mass is 32.2. The molecule has 0 aromatic heterocycles. The molecule has 0 unspecified atom stereocenters. The molecule has 136 valence electrons. The molecule has 0 radical (unpaired) electrons. The monoisotopic (exact) mass is 370 g/mol. The molecular formula is C16H19FN2O5S. The lowest BCUT2D eigenvalue weighted by molar-refractivity contribution is -0.148. The molecule has 2 saturated heterocycles. The number of hydrogen-bond acceptors (Lipinski definition) is 4. The van der Waals surface area contributed by atoms with Gasteiger partial charge in [0.15, 0.2) is 0 Å². The van der Waals surface area contributed by atoms with Crippen molar-refractivity contribution in [3.05, 3.63) is 35.6 Å². The summed E-state index contributed by atoms with van der Waals surface area (Å²) < 4.78 is 39.5. The van der Waals surface area contributed by atoms with Crippen molar-refractivity contribution in [2.24, 2.45) is 11.3 Å². The number of amides is 1. The lowest BCUT2D eigenvalue weighted by atomic mass is 9.81. The molecule has 0 saturated carbocycles. The van der Waals surface area contributed by atoms with E-state index >= 15 is 0 Å². The summed E-state index contributed by atoms with van der Waals surface area (Å²) in [4.78, 5) is 24.9. The average molecular weight is 370 g/mol. The SMILES string of the molecule is CC(=O)N1C[C@H]2CN(S(=O)(=O)Cc3ccc(F)cc3)C[C@@]2(C(=O)O)C1. The van der Waals surface area contributed by atoms with Crippen LogP contribution in [-0.2, 0) is 25.4 Å². The van der Waals surface area contributed by atoms with Crippen LogP contribution in [0, 0.1) is 17.2 Å². The van der Waals surface area contributed by atoms with Gasteiger partial charge in [0, 0.05) is 39.0 Å². The number of carboxylic acid groups (broad SMARTS) is 1. The zero-order valence-corrected chi connectivity index (χ0v) is 14.5. The molecule has 1 N–H and O–H groups in total. The maximum Gasteiger partial charge on any atom is 0.313 e. The third-order valence-corrected chi connectivity index (χ3v) is 6.87. The number of carboxylic acids is 1. The zero-order chi connectivity index (χ0) is 18.4. The molecule has 1 aromatic carbocycles. The van der Waals surface area contributed by atoms with E-state index in [1.807, 2.05) is 0 Å². The van der Waals surface area contributed by atoms with Gasteiger partial charge in [0.2, 0.25) is 15.9 Å². The number of halogens is 1. The van der Waals surface area contributed by atoms with Gasteiger partial charge in [0.1, 0.15) is 11.2 Å². The van der Waals surface area contributed by atoms with Gasteiger partial charge in [-0.05, 0) is 17.7 Å². The van der Waals surface area contributed by atoms with E-state index in [0.717, 1.165) is 0 Å². The summed E-state index contributed by atoms with van der Waals surface area (Å²) in [6, 6.07) is 5.17. The van der Waals surface area contributed by atoms with E-state index in [9.17, 15) is 27.5 Å². The van der Waals surface area contributed by atoms with Gasteiger partial charge in [-0.15, -0.1) is 0 Å². The molecule has 1 amide bonds. The van der Waals surface area contributed by atoms with Crippen LogP contribution in [0.15, 0.2) is 24.3 Å². The number of fused-ring (bicyclic) bond motifs is 1. The Morgan fingerprint density at radius 1 is 1.24 bits per heavy atom. The molecule has 2 heterocycles. The Morgan fingerprint density at radius 3 is 2.40 bits per heavy atom. The smallest absolute Gasteiger partial charge is 0.313 e. The topological polar surface area (TPSA) is 95.0 Å². The predicted octanol–water partition coefficient (Wildman–Crippen LogP) is 0.520. The van der Waals surface area contributed by atoms with Gasteiger partial charge in [-0.25, -0.2) is 17.1 Å². The van der Waals surface area contributed by atoms with Crippen LogP contribution in [0.5, 0.6) is 0 Å². The Hall–Kier alpha value is -2.00. The van der Waals surface area contributed by atoms with E-state index in [1.165, 1.54) is 40.4 Å². The second kappa shape index (κ2) is 6.06. The molecule has 2 aliphatic heterocycles. The number of aliphatic carboxylic acids is 1. The lowest BCUT2D eigenvalue weighted by Gasteiger charge is -2.24. The van der Waals surface area contributed by atoms with E-state index in [4.69, 9.17) is 0 Å². The van der Waals surface area contributed by atoms with Crippen molar-refractivity contribution in [1.82, 2.24) is 9.21 Å². The largest absolute Gasteiger partial charge is 0.481 e. The van der Waals surface area contributed by atoms with Crippen LogP contribution in [0.2, 0.25) is 0 Å². The fourth-order valence-corrected chi connectivity index (χ4v) is 5.29. The van der Waals surface area contributed by atoms with E-state index in [1.54, 1.807) is 0 Å². The first-order chi connectivity index (χ1) is 11.6. The average Bonchev–Trinajstić information content (AvgIpc) is 3.05. The Morgan fingerprint density at radius 2 is 1.88 bits per heavy atom. The van der Waals surface area contributed by atoms with Gasteiger partial charge >= 0.3 is 5.97 Å². The molecule has 7 nitrogen and oxygen atoms in total. The van der Waals surface area contributed by atoms with Crippen LogP contribution in [0.25, 0.3) is 0 Å². The quantitative estimate of drug-likeness (QED) is 0.834. The first-order valence-electron chi connectivity index (χ1n) is 7.85. The van der Waals surface area contributed by atoms with E-state index in [0.29, 0.717) is 5.56 Å². The number of hydrogen-bond donors (Lipinski definition) is 1. The Bertz CT molecular complexity index is 810. The highest BCUT2D eigenvalue weighted by molar-refractivity contribution is 7.88. The first kappa shape index (κ1) is 17.8. The van der Waals surface area contributed by atoms with Crippen LogP contribution >= 0.6 is 0 Å². The molecule has 0 aliphatic carbocycles. The number of likely N-dealkylation sites (tertiary alicyclic amines) is 1. The van der Waals surface area contributed by atoms with E-state index in [-0.39, 0.29) is 37.8 Å². The normalized spacial score (nSPS) is 26.6. The van der Waals surface area contributed by atoms with Crippen LogP contribution in [-0.4, -0.2) is 60.8 Å². The van der Waals surface area contributed by atoms with E-state index < -0.39 is 33.1 Å². The summed E-state index contributed by atoms with van der Waals surface area (Å²) in [6.45, 7) is 1.55. The molecule has 0 bridgehead atoms. The molecule has 0 spiro atoms. The van der Waals surface area contributed by atoms with Gasteiger partial charge < -0.3 is 10.0 Å². The number of sulfonamides is 1. The summed E-state index contributed by atoms with van der Waals surface area (Å²) in [6.07, 6.45) is 0. The van der Waals surface area contributed by atoms with Crippen molar-refractivity contribution in [1.29, 1.82) is 0 Å². The first-order valence-corrected chi connectivity index (χ1v) is 9.46. The summed E-state index contributed by atoms with van der Waals surface area (Å²) in [5, 5.41) is 9.68. The van der Waals surface area contributed by atoms with Crippen LogP contribution in [0.1, 0.15) is 12.5 Å². The van der Waals surface area contributed by atoms with Crippen molar-refractivity contribution >= 4 is 21.9 Å². The summed E-state index contributed by atoms with van der Waals surface area (Å²) in [5.74, 6) is -2.49. The maximum absolute atomic E-state index is 13.0. The second-order valence-electron chi connectivity index (χ2n) is 6.73. The lowest BCUT2D eigenvalue weighted by Crippen LogP contribution is -2.42. The van der Waals surface area contributed by atoms with Crippen molar-refractivity contribution in [2.75, 3.05) is 26.2 Å². The van der Waals surface area contributed by atoms with Crippen LogP contribution < -0.4 is 0 Å². The summed E-state index contributed by atoms with van der Waals surface area (Å²) in [7, 11) is -3.73. The van der Waals surface area contributed by atoms with Gasteiger partial charge in [-0.1, -0.05) is 12.1 Å². The van der Waals surface area contributed by atoms with Crippen molar-refractivity contribution in [2.45, 2.75) is 12.7 Å². The molecule has 2 atom stereocenters. The predicted molar refractivity (Wildman–Crippen MR) is 86.4 cm³/mol. The number of rotatable bonds is 4. The number of nitrogens with zero attached hydrogens (tertiary/aromatic N) is 2. The fraction of sp³-hybridized carbons (Fsp3) is 0.500. The molecule has 25 heavy (non-hydrogen) atoms. The van der Waals surface area contributed by atoms with E-state index in [2.05, 4.69) is 0 Å². The molecule has 9 heteroatoms. The van der Waals surface area contributed by atoms with Crippen molar-refractivity contribution in [3.8, 4) is 0 Å².